The van der Waals surface area contributed by atoms with Crippen LogP contribution >= 0.6 is 11.6 Å². The van der Waals surface area contributed by atoms with E-state index in [1.165, 1.54) is 0 Å². The number of nitrogens with zero attached hydrogens (tertiary/aromatic N) is 4. The summed E-state index contributed by atoms with van der Waals surface area (Å²) in [6, 6.07) is 5.12. The van der Waals surface area contributed by atoms with Gasteiger partial charge in [0.25, 0.3) is 5.91 Å². The Morgan fingerprint density at radius 3 is 3.05 bits per heavy atom. The van der Waals surface area contributed by atoms with Gasteiger partial charge >= 0.3 is 0 Å². The fraction of sp³-hybridized carbons (Fsp3) is 0.385. The number of aromatic nitrogens is 4. The number of nitrogens with two attached hydrogens (primary N) is 1. The minimum atomic E-state index is -0.541. The first kappa shape index (κ1) is 16.0. The van der Waals surface area contributed by atoms with Crippen LogP contribution in [0.2, 0.25) is 5.02 Å². The molecule has 0 fully saturated rings. The first-order valence-corrected chi connectivity index (χ1v) is 7.17. The van der Waals surface area contributed by atoms with E-state index in [1.54, 1.807) is 22.9 Å². The van der Waals surface area contributed by atoms with Crippen LogP contribution < -0.4 is 15.8 Å². The van der Waals surface area contributed by atoms with Crippen molar-refractivity contribution in [3.63, 3.8) is 0 Å². The molecule has 1 heterocycles. The third-order valence-electron chi connectivity index (χ3n) is 2.80. The van der Waals surface area contributed by atoms with Gasteiger partial charge in [-0.2, -0.15) is 0 Å². The van der Waals surface area contributed by atoms with Crippen molar-refractivity contribution in [1.29, 1.82) is 0 Å². The van der Waals surface area contributed by atoms with Crippen LogP contribution in [-0.4, -0.2) is 32.7 Å². The number of benzene rings is 1. The highest BCUT2D eigenvalue weighted by atomic mass is 35.5. The third kappa shape index (κ3) is 4.32. The standard InChI is InChI=1S/C13H17ClN6O2/c1-2-5-20-13(17-18-19-20)16-7-9-6-10(14)3-4-11(9)22-8-12(15)21/h3-4,6H,2,5,7-8H2,1H3,(H2,15,21)(H,16,17,19). The van der Waals surface area contributed by atoms with Gasteiger partial charge in [-0.1, -0.05) is 23.6 Å². The second-order valence-corrected chi connectivity index (χ2v) is 5.02. The van der Waals surface area contributed by atoms with Crippen LogP contribution in [0.5, 0.6) is 5.75 Å². The van der Waals surface area contributed by atoms with Gasteiger partial charge in [0.15, 0.2) is 6.61 Å². The summed E-state index contributed by atoms with van der Waals surface area (Å²) in [7, 11) is 0. The van der Waals surface area contributed by atoms with Gasteiger partial charge in [-0.3, -0.25) is 4.79 Å². The first-order valence-electron chi connectivity index (χ1n) is 6.79. The van der Waals surface area contributed by atoms with Crippen molar-refractivity contribution in [3.05, 3.63) is 28.8 Å². The van der Waals surface area contributed by atoms with Crippen molar-refractivity contribution < 1.29 is 9.53 Å². The zero-order valence-electron chi connectivity index (χ0n) is 12.1. The molecule has 1 aromatic heterocycles. The average Bonchev–Trinajstić information content (AvgIpc) is 2.91. The molecule has 8 nitrogen and oxygen atoms in total. The van der Waals surface area contributed by atoms with Gasteiger partial charge in [0.2, 0.25) is 5.95 Å². The molecule has 0 aliphatic heterocycles. The predicted octanol–water partition coefficient (Wildman–Crippen LogP) is 1.21. The highest BCUT2D eigenvalue weighted by Crippen LogP contribution is 2.23. The molecule has 22 heavy (non-hydrogen) atoms. The van der Waals surface area contributed by atoms with Crippen LogP contribution in [0.25, 0.3) is 0 Å². The number of carbonyl (C=O) groups excluding carboxylic acids is 1. The predicted molar refractivity (Wildman–Crippen MR) is 81.6 cm³/mol. The van der Waals surface area contributed by atoms with E-state index in [2.05, 4.69) is 20.8 Å². The van der Waals surface area contributed by atoms with E-state index in [-0.39, 0.29) is 6.61 Å². The molecule has 1 aromatic carbocycles. The third-order valence-corrected chi connectivity index (χ3v) is 3.03. The van der Waals surface area contributed by atoms with E-state index in [4.69, 9.17) is 22.1 Å². The SMILES string of the molecule is CCCn1nnnc1NCc1cc(Cl)ccc1OCC(N)=O. The van der Waals surface area contributed by atoms with Gasteiger partial charge in [0.05, 0.1) is 0 Å². The molecule has 0 saturated carbocycles. The summed E-state index contributed by atoms with van der Waals surface area (Å²) in [6.07, 6.45) is 0.920. The number of carbonyl (C=O) groups is 1. The van der Waals surface area contributed by atoms with Gasteiger partial charge in [-0.15, -0.1) is 0 Å². The number of hydrogen-bond donors (Lipinski definition) is 2. The van der Waals surface area contributed by atoms with Gasteiger partial charge in [0.1, 0.15) is 5.75 Å². The van der Waals surface area contributed by atoms with E-state index in [1.807, 2.05) is 6.92 Å². The number of nitrogens with one attached hydrogen (secondary N) is 1. The van der Waals surface area contributed by atoms with Crippen LogP contribution in [0, 0.1) is 0 Å². The molecule has 118 valence electrons. The van der Waals surface area contributed by atoms with E-state index < -0.39 is 5.91 Å². The molecule has 0 unspecified atom stereocenters. The molecule has 0 aliphatic rings. The molecule has 2 aromatic rings. The molecule has 0 aliphatic carbocycles. The Bertz CT molecular complexity index is 645. The second kappa shape index (κ2) is 7.60. The summed E-state index contributed by atoms with van der Waals surface area (Å²) in [5.74, 6) is 0.550. The Labute approximate surface area is 132 Å². The highest BCUT2D eigenvalue weighted by molar-refractivity contribution is 6.30. The molecular weight excluding hydrogens is 308 g/mol. The highest BCUT2D eigenvalue weighted by Gasteiger charge is 2.09. The lowest BCUT2D eigenvalue weighted by Crippen LogP contribution is -2.20. The van der Waals surface area contributed by atoms with Crippen LogP contribution in [0.3, 0.4) is 0 Å². The monoisotopic (exact) mass is 324 g/mol. The second-order valence-electron chi connectivity index (χ2n) is 4.59. The van der Waals surface area contributed by atoms with E-state index in [0.717, 1.165) is 18.5 Å². The molecule has 0 saturated heterocycles. The lowest BCUT2D eigenvalue weighted by atomic mass is 10.2. The van der Waals surface area contributed by atoms with Gasteiger partial charge in [-0.25, -0.2) is 4.68 Å². The molecule has 2 rings (SSSR count). The average molecular weight is 325 g/mol. The molecule has 0 bridgehead atoms. The lowest BCUT2D eigenvalue weighted by Gasteiger charge is -2.12. The van der Waals surface area contributed by atoms with Crippen molar-refractivity contribution in [2.24, 2.45) is 5.73 Å². The number of rotatable bonds is 8. The van der Waals surface area contributed by atoms with E-state index >= 15 is 0 Å². The van der Waals surface area contributed by atoms with Crippen molar-refractivity contribution in [1.82, 2.24) is 20.2 Å². The summed E-state index contributed by atoms with van der Waals surface area (Å²) in [4.78, 5) is 10.8. The van der Waals surface area contributed by atoms with Gasteiger partial charge < -0.3 is 15.8 Å². The summed E-state index contributed by atoms with van der Waals surface area (Å²) < 4.78 is 7.04. The van der Waals surface area contributed by atoms with Crippen LogP contribution in [-0.2, 0) is 17.9 Å². The first-order chi connectivity index (χ1) is 10.6. The molecule has 0 spiro atoms. The number of amides is 1. The normalized spacial score (nSPS) is 10.5. The van der Waals surface area contributed by atoms with Crippen molar-refractivity contribution in [2.45, 2.75) is 26.4 Å². The summed E-state index contributed by atoms with van der Waals surface area (Å²) in [5.41, 5.74) is 5.87. The Morgan fingerprint density at radius 1 is 1.50 bits per heavy atom. The number of halogens is 1. The summed E-state index contributed by atoms with van der Waals surface area (Å²) >= 11 is 6.00. The van der Waals surface area contributed by atoms with Crippen LogP contribution in [0.15, 0.2) is 18.2 Å². The molecule has 0 atom stereocenters. The minimum Gasteiger partial charge on any atom is -0.483 e. The maximum Gasteiger partial charge on any atom is 0.255 e. The molecule has 0 radical (unpaired) electrons. The summed E-state index contributed by atoms with van der Waals surface area (Å²) in [5, 5.41) is 15.1. The minimum absolute atomic E-state index is 0.192. The smallest absolute Gasteiger partial charge is 0.255 e. The topological polar surface area (TPSA) is 108 Å². The number of primary amides is 1. The zero-order chi connectivity index (χ0) is 15.9. The van der Waals surface area contributed by atoms with Crippen molar-refractivity contribution >= 4 is 23.5 Å². The summed E-state index contributed by atoms with van der Waals surface area (Å²) in [6.45, 7) is 2.97. The van der Waals surface area contributed by atoms with Crippen LogP contribution in [0.4, 0.5) is 5.95 Å². The molecule has 1 amide bonds. The maximum absolute atomic E-state index is 10.8. The number of ether oxygens (including phenoxy) is 1. The molecule has 3 N–H and O–H groups in total. The Morgan fingerprint density at radius 2 is 2.32 bits per heavy atom. The maximum atomic E-state index is 10.8. The van der Waals surface area contributed by atoms with Crippen LogP contribution in [0.1, 0.15) is 18.9 Å². The van der Waals surface area contributed by atoms with Crippen molar-refractivity contribution in [3.8, 4) is 5.75 Å². The largest absolute Gasteiger partial charge is 0.483 e. The fourth-order valence-corrected chi connectivity index (χ4v) is 2.04. The quantitative estimate of drug-likeness (QED) is 0.755. The Balaban J connectivity index is 2.09. The van der Waals surface area contributed by atoms with E-state index in [0.29, 0.717) is 23.3 Å². The van der Waals surface area contributed by atoms with Gasteiger partial charge in [0, 0.05) is 23.7 Å². The fourth-order valence-electron chi connectivity index (χ4n) is 1.84. The zero-order valence-corrected chi connectivity index (χ0v) is 12.9. The number of hydrogen-bond acceptors (Lipinski definition) is 6. The molecule has 9 heteroatoms. The number of tetrazole rings is 1. The Kier molecular flexibility index (Phi) is 5.54. The molecular formula is C13H17ClN6O2. The van der Waals surface area contributed by atoms with E-state index in [9.17, 15) is 4.79 Å². The number of anilines is 1. The lowest BCUT2D eigenvalue weighted by molar-refractivity contribution is -0.119. The number of aryl methyl sites for hydroxylation is 1. The Hall–Kier alpha value is -2.35. The van der Waals surface area contributed by atoms with Gasteiger partial charge in [-0.05, 0) is 35.0 Å². The van der Waals surface area contributed by atoms with Crippen molar-refractivity contribution in [2.75, 3.05) is 11.9 Å².